The Hall–Kier alpha value is -5.10. The summed E-state index contributed by atoms with van der Waals surface area (Å²) in [6.45, 7) is 2.18. The predicted octanol–water partition coefficient (Wildman–Crippen LogP) is 4.85. The number of fused-ring (bicyclic) bond motifs is 1. The number of carboxylic acids is 2. The third-order valence-electron chi connectivity index (χ3n) is 9.88. The van der Waals surface area contributed by atoms with Gasteiger partial charge in [0.25, 0.3) is 5.56 Å². The van der Waals surface area contributed by atoms with Crippen molar-refractivity contribution in [2.24, 2.45) is 0 Å². The number of likely N-dealkylation sites (tertiary alicyclic amines) is 1. The number of thioether (sulfide) groups is 1. The average Bonchev–Trinajstić information content (AvgIpc) is 3.69. The number of alkyl halides is 3. The number of aliphatic hydroxyl groups is 2. The maximum atomic E-state index is 14.3. The number of halogens is 4. The topological polar surface area (TPSA) is 174 Å². The molecule has 0 radical (unpaired) electrons. The van der Waals surface area contributed by atoms with Crippen molar-refractivity contribution in [3.05, 3.63) is 117 Å². The number of carbonyl (C=O) groups excluding carboxylic acids is 1. The number of nitrogens with zero attached hydrogens (tertiary/aromatic N) is 4. The van der Waals surface area contributed by atoms with Crippen molar-refractivity contribution in [2.75, 3.05) is 20.1 Å². The van der Waals surface area contributed by atoms with Crippen LogP contribution in [-0.4, -0.2) is 96.0 Å². The molecular formula is C40H42F4N4O8S. The zero-order valence-electron chi connectivity index (χ0n) is 30.9. The van der Waals surface area contributed by atoms with Crippen LogP contribution >= 0.6 is 11.8 Å². The number of hydrogen-bond acceptors (Lipinski definition) is 9. The van der Waals surface area contributed by atoms with Crippen LogP contribution in [0.4, 0.5) is 17.6 Å². The minimum Gasteiger partial charge on any atom is -0.479 e. The van der Waals surface area contributed by atoms with Crippen molar-refractivity contribution in [3.8, 4) is 11.1 Å². The summed E-state index contributed by atoms with van der Waals surface area (Å²) in [7, 11) is 2.07. The molecule has 304 valence electrons. The molecule has 2 aliphatic rings. The Morgan fingerprint density at radius 1 is 0.860 bits per heavy atom. The molecular weight excluding hydrogens is 773 g/mol. The van der Waals surface area contributed by atoms with Crippen LogP contribution in [0.5, 0.6) is 0 Å². The summed E-state index contributed by atoms with van der Waals surface area (Å²) < 4.78 is 54.5. The number of aliphatic carboxylic acids is 2. The average molecular weight is 815 g/mol. The number of aromatic nitrogens is 2. The Balaban J connectivity index is 0.000000548. The number of amides is 1. The molecule has 0 bridgehead atoms. The summed E-state index contributed by atoms with van der Waals surface area (Å²) in [6, 6.07) is 18.9. The van der Waals surface area contributed by atoms with E-state index in [9.17, 15) is 36.7 Å². The first-order valence-electron chi connectivity index (χ1n) is 18.1. The summed E-state index contributed by atoms with van der Waals surface area (Å²) >= 11 is 1.37. The van der Waals surface area contributed by atoms with Gasteiger partial charge in [0.15, 0.2) is 17.4 Å². The third kappa shape index (κ3) is 11.3. The maximum absolute atomic E-state index is 14.3. The molecule has 12 nitrogen and oxygen atoms in total. The van der Waals surface area contributed by atoms with Crippen LogP contribution in [0, 0.1) is 5.82 Å². The normalized spacial score (nSPS) is 15.6. The van der Waals surface area contributed by atoms with Gasteiger partial charge < -0.3 is 34.8 Å². The molecule has 1 aliphatic heterocycles. The van der Waals surface area contributed by atoms with Crippen LogP contribution in [0.15, 0.2) is 82.7 Å². The van der Waals surface area contributed by atoms with Crippen LogP contribution in [0.25, 0.3) is 11.1 Å². The smallest absolute Gasteiger partial charge is 0.416 e. The van der Waals surface area contributed by atoms with Gasteiger partial charge in [-0.05, 0) is 98.8 Å². The Bertz CT molecular complexity index is 2070. The second-order valence-corrected chi connectivity index (χ2v) is 14.8. The van der Waals surface area contributed by atoms with Gasteiger partial charge in [0.1, 0.15) is 12.4 Å². The van der Waals surface area contributed by atoms with Gasteiger partial charge in [0, 0.05) is 29.6 Å². The summed E-state index contributed by atoms with van der Waals surface area (Å²) in [5.74, 6) is -3.44. The van der Waals surface area contributed by atoms with Gasteiger partial charge in [0.05, 0.1) is 5.56 Å². The number of carboxylic acid groups (broad SMARTS) is 2. The minimum atomic E-state index is -4.39. The molecule has 6 rings (SSSR count). The first-order valence-corrected chi connectivity index (χ1v) is 19.1. The van der Waals surface area contributed by atoms with Crippen molar-refractivity contribution < 1.29 is 52.4 Å². The van der Waals surface area contributed by atoms with Crippen molar-refractivity contribution in [1.29, 1.82) is 0 Å². The number of piperidine rings is 1. The Kier molecular flexibility index (Phi) is 14.3. The monoisotopic (exact) mass is 814 g/mol. The van der Waals surface area contributed by atoms with Crippen molar-refractivity contribution in [3.63, 3.8) is 0 Å². The van der Waals surface area contributed by atoms with E-state index in [4.69, 9.17) is 20.4 Å². The van der Waals surface area contributed by atoms with E-state index in [1.807, 2.05) is 33.7 Å². The number of rotatable bonds is 12. The van der Waals surface area contributed by atoms with Crippen molar-refractivity contribution in [1.82, 2.24) is 19.4 Å². The van der Waals surface area contributed by atoms with E-state index in [2.05, 4.69) is 16.9 Å². The fourth-order valence-corrected chi connectivity index (χ4v) is 7.63. The largest absolute Gasteiger partial charge is 0.479 e. The zero-order chi connectivity index (χ0) is 41.4. The summed E-state index contributed by atoms with van der Waals surface area (Å²) in [4.78, 5) is 55.4. The molecule has 1 saturated heterocycles. The summed E-state index contributed by atoms with van der Waals surface area (Å²) in [5, 5.41) is 33.0. The molecule has 1 aromatic heterocycles. The summed E-state index contributed by atoms with van der Waals surface area (Å²) in [5.41, 5.74) is 3.88. The van der Waals surface area contributed by atoms with E-state index < -0.39 is 35.9 Å². The highest BCUT2D eigenvalue weighted by atomic mass is 32.2. The lowest BCUT2D eigenvalue weighted by Crippen LogP contribution is -2.47. The lowest BCUT2D eigenvalue weighted by molar-refractivity contribution is -0.165. The fourth-order valence-electron chi connectivity index (χ4n) is 6.66. The fraction of sp³-hybridized carbons (Fsp3) is 0.375. The van der Waals surface area contributed by atoms with Gasteiger partial charge in [-0.2, -0.15) is 18.2 Å². The lowest BCUT2D eigenvalue weighted by atomic mass is 10.0. The van der Waals surface area contributed by atoms with Gasteiger partial charge in [-0.3, -0.25) is 9.59 Å². The quantitative estimate of drug-likeness (QED) is 0.0876. The highest BCUT2D eigenvalue weighted by Gasteiger charge is 2.32. The van der Waals surface area contributed by atoms with Crippen LogP contribution < -0.4 is 5.56 Å². The lowest BCUT2D eigenvalue weighted by Gasteiger charge is -2.38. The van der Waals surface area contributed by atoms with Crippen LogP contribution in [-0.2, 0) is 52.2 Å². The number of hydrogen-bond donors (Lipinski definition) is 4. The SMILES string of the molecule is CN1CCC(N(Cc2ccc(-c3ccc(C(F)(F)F)cc3)cc2)C(=O)Cn2c(SCc3ccc(F)cc3)nc(=O)c3c2CCC3)CC1.O=C(O)C(O)C(O)C(=O)O. The highest BCUT2D eigenvalue weighted by molar-refractivity contribution is 7.98. The Morgan fingerprint density at radius 3 is 1.95 bits per heavy atom. The van der Waals surface area contributed by atoms with E-state index in [1.54, 1.807) is 12.1 Å². The van der Waals surface area contributed by atoms with Crippen LogP contribution in [0.1, 0.15) is 47.2 Å². The van der Waals surface area contributed by atoms with Gasteiger partial charge in [-0.25, -0.2) is 14.0 Å². The molecule has 2 atom stereocenters. The molecule has 1 aliphatic carbocycles. The van der Waals surface area contributed by atoms with Crippen molar-refractivity contribution in [2.45, 2.75) is 80.5 Å². The standard InChI is InChI=1S/C36H36F4N4O2S.C4H6O6/c1-42-19-17-30(18-20-42)43(21-24-5-9-26(10-6-24)27-11-13-28(14-12-27)36(38,39)40)33(45)22-44-32-4-2-3-31(32)34(46)41-35(44)47-23-25-7-15-29(37)16-8-25;5-1(3(7)8)2(6)4(9)10/h5-16,30H,2-4,17-23H2,1H3;1-2,5-6H,(H,7,8)(H,9,10). The first kappa shape index (κ1) is 43.0. The van der Waals surface area contributed by atoms with Gasteiger partial charge in [-0.15, -0.1) is 0 Å². The second kappa shape index (κ2) is 18.9. The molecule has 0 saturated carbocycles. The number of aliphatic hydroxyl groups excluding tert-OH is 2. The zero-order valence-corrected chi connectivity index (χ0v) is 31.7. The molecule has 4 N–H and O–H groups in total. The van der Waals surface area contributed by atoms with E-state index in [0.717, 1.165) is 66.9 Å². The molecule has 3 aromatic carbocycles. The van der Waals surface area contributed by atoms with Gasteiger partial charge >= 0.3 is 18.1 Å². The second-order valence-electron chi connectivity index (χ2n) is 13.9. The number of carbonyl (C=O) groups is 3. The van der Waals surface area contributed by atoms with Crippen LogP contribution in [0.3, 0.4) is 0 Å². The first-order chi connectivity index (χ1) is 27.0. The van der Waals surface area contributed by atoms with Gasteiger partial charge in [-0.1, -0.05) is 60.3 Å². The van der Waals surface area contributed by atoms with E-state index in [1.165, 1.54) is 36.0 Å². The molecule has 1 amide bonds. The third-order valence-corrected chi connectivity index (χ3v) is 10.9. The maximum Gasteiger partial charge on any atom is 0.416 e. The molecule has 2 heterocycles. The van der Waals surface area contributed by atoms with E-state index >= 15 is 0 Å². The van der Waals surface area contributed by atoms with E-state index in [-0.39, 0.29) is 29.9 Å². The minimum absolute atomic E-state index is 0.0315. The Labute approximate surface area is 329 Å². The van der Waals surface area contributed by atoms with Crippen LogP contribution in [0.2, 0.25) is 0 Å². The molecule has 1 fully saturated rings. The highest BCUT2D eigenvalue weighted by Crippen LogP contribution is 2.32. The molecule has 17 heteroatoms. The molecule has 2 unspecified atom stereocenters. The number of benzene rings is 3. The molecule has 0 spiro atoms. The molecule has 4 aromatic rings. The Morgan fingerprint density at radius 2 is 1.40 bits per heavy atom. The van der Waals surface area contributed by atoms with Gasteiger partial charge in [0.2, 0.25) is 5.91 Å². The van der Waals surface area contributed by atoms with Crippen molar-refractivity contribution >= 4 is 29.6 Å². The molecule has 57 heavy (non-hydrogen) atoms. The summed E-state index contributed by atoms with van der Waals surface area (Å²) in [6.07, 6.45) is -5.09. The van der Waals surface area contributed by atoms with E-state index in [0.29, 0.717) is 41.4 Å². The predicted molar refractivity (Wildman–Crippen MR) is 202 cm³/mol.